The molecular formula is C17H23NO6S. The highest BCUT2D eigenvalue weighted by atomic mass is 32.2. The predicted octanol–water partition coefficient (Wildman–Crippen LogP) is 1.71. The molecule has 1 saturated carbocycles. The molecule has 1 fully saturated rings. The molecule has 1 aliphatic carbocycles. The molecular weight excluding hydrogens is 346 g/mol. The van der Waals surface area contributed by atoms with Crippen molar-refractivity contribution >= 4 is 22.0 Å². The van der Waals surface area contributed by atoms with E-state index >= 15 is 0 Å². The van der Waals surface area contributed by atoms with E-state index in [0.29, 0.717) is 31.2 Å². The summed E-state index contributed by atoms with van der Waals surface area (Å²) in [4.78, 5) is 22.6. The molecule has 0 bridgehead atoms. The number of sulfonamides is 1. The van der Waals surface area contributed by atoms with Crippen LogP contribution >= 0.6 is 0 Å². The molecule has 0 atom stereocenters. The lowest BCUT2D eigenvalue weighted by molar-refractivity contribution is -0.143. The number of carboxylic acid groups (broad SMARTS) is 1. The van der Waals surface area contributed by atoms with E-state index < -0.39 is 27.9 Å². The molecule has 2 N–H and O–H groups in total. The van der Waals surface area contributed by atoms with Gasteiger partial charge in [0, 0.05) is 6.04 Å². The third kappa shape index (κ3) is 5.54. The molecule has 1 aliphatic rings. The molecule has 0 amide bonds. The third-order valence-corrected chi connectivity index (χ3v) is 5.78. The second kappa shape index (κ2) is 8.44. The van der Waals surface area contributed by atoms with Crippen LogP contribution < -0.4 is 4.72 Å². The van der Waals surface area contributed by atoms with Gasteiger partial charge in [0.15, 0.2) is 0 Å². The Balaban J connectivity index is 2.02. The Labute approximate surface area is 147 Å². The zero-order valence-corrected chi connectivity index (χ0v) is 14.9. The smallest absolute Gasteiger partial charge is 0.310 e. The van der Waals surface area contributed by atoms with Gasteiger partial charge >= 0.3 is 11.9 Å². The molecule has 8 heteroatoms. The first kappa shape index (κ1) is 19.4. The van der Waals surface area contributed by atoms with Gasteiger partial charge in [-0.1, -0.05) is 12.1 Å². The Bertz CT molecular complexity index is 722. The summed E-state index contributed by atoms with van der Waals surface area (Å²) in [6.07, 6.45) is 1.94. The lowest BCUT2D eigenvalue weighted by Gasteiger charge is -2.26. The number of nitrogens with one attached hydrogen (secondary N) is 1. The quantitative estimate of drug-likeness (QED) is 0.708. The maximum absolute atomic E-state index is 12.5. The molecule has 25 heavy (non-hydrogen) atoms. The van der Waals surface area contributed by atoms with E-state index in [1.165, 1.54) is 12.1 Å². The van der Waals surface area contributed by atoms with Gasteiger partial charge < -0.3 is 9.84 Å². The second-order valence-corrected chi connectivity index (χ2v) is 7.85. The number of esters is 1. The molecule has 138 valence electrons. The number of hydrogen-bond donors (Lipinski definition) is 2. The monoisotopic (exact) mass is 369 g/mol. The van der Waals surface area contributed by atoms with Crippen molar-refractivity contribution in [1.82, 2.24) is 4.72 Å². The summed E-state index contributed by atoms with van der Waals surface area (Å²) in [5.74, 6) is -1.63. The van der Waals surface area contributed by atoms with Crippen LogP contribution in [0.2, 0.25) is 0 Å². The molecule has 0 aliphatic heterocycles. The Hall–Kier alpha value is -1.93. The van der Waals surface area contributed by atoms with Gasteiger partial charge in [-0.25, -0.2) is 13.1 Å². The summed E-state index contributed by atoms with van der Waals surface area (Å²) >= 11 is 0. The standard InChI is InChI=1S/C17H23NO6S/c1-2-24-16(19)11-12-4-3-5-15(10-12)25(22,23)18-14-8-6-13(7-9-14)17(20)21/h3-5,10,13-14,18H,2,6-9,11H2,1H3,(H,20,21). The first-order valence-electron chi connectivity index (χ1n) is 8.31. The maximum Gasteiger partial charge on any atom is 0.310 e. The Kier molecular flexibility index (Phi) is 6.55. The van der Waals surface area contributed by atoms with E-state index in [-0.39, 0.29) is 24.0 Å². The average molecular weight is 369 g/mol. The molecule has 0 saturated heterocycles. The number of ether oxygens (including phenoxy) is 1. The number of carbonyl (C=O) groups is 2. The lowest BCUT2D eigenvalue weighted by atomic mass is 9.87. The minimum absolute atomic E-state index is 0.0148. The zero-order valence-electron chi connectivity index (χ0n) is 14.1. The highest BCUT2D eigenvalue weighted by Crippen LogP contribution is 2.25. The molecule has 0 spiro atoms. The van der Waals surface area contributed by atoms with Crippen LogP contribution in [0.25, 0.3) is 0 Å². The molecule has 0 aromatic heterocycles. The minimum atomic E-state index is -3.72. The molecule has 7 nitrogen and oxygen atoms in total. The van der Waals surface area contributed by atoms with Crippen molar-refractivity contribution in [3.63, 3.8) is 0 Å². The van der Waals surface area contributed by atoms with Gasteiger partial charge in [-0.3, -0.25) is 9.59 Å². The number of carbonyl (C=O) groups excluding carboxylic acids is 1. The predicted molar refractivity (Wildman–Crippen MR) is 90.5 cm³/mol. The fraction of sp³-hybridized carbons (Fsp3) is 0.529. The van der Waals surface area contributed by atoms with Gasteiger partial charge in [-0.2, -0.15) is 0 Å². The fourth-order valence-corrected chi connectivity index (χ4v) is 4.32. The number of carboxylic acids is 1. The summed E-state index contributed by atoms with van der Waals surface area (Å²) in [6.45, 7) is 1.99. The SMILES string of the molecule is CCOC(=O)Cc1cccc(S(=O)(=O)NC2CCC(C(=O)O)CC2)c1. The third-order valence-electron chi connectivity index (χ3n) is 4.26. The Morgan fingerprint density at radius 2 is 1.92 bits per heavy atom. The summed E-state index contributed by atoms with van der Waals surface area (Å²) in [6, 6.07) is 5.93. The fourth-order valence-electron chi connectivity index (χ4n) is 2.95. The van der Waals surface area contributed by atoms with E-state index in [1.54, 1.807) is 19.1 Å². The van der Waals surface area contributed by atoms with Crippen molar-refractivity contribution in [3.05, 3.63) is 29.8 Å². The molecule has 0 radical (unpaired) electrons. The van der Waals surface area contributed by atoms with Gasteiger partial charge in [-0.05, 0) is 50.3 Å². The molecule has 1 aromatic rings. The van der Waals surface area contributed by atoms with Crippen molar-refractivity contribution in [1.29, 1.82) is 0 Å². The molecule has 1 aromatic carbocycles. The Morgan fingerprint density at radius 3 is 2.52 bits per heavy atom. The van der Waals surface area contributed by atoms with Crippen molar-refractivity contribution in [2.45, 2.75) is 50.0 Å². The van der Waals surface area contributed by atoms with Crippen molar-refractivity contribution in [3.8, 4) is 0 Å². The second-order valence-electron chi connectivity index (χ2n) is 6.14. The summed E-state index contributed by atoms with van der Waals surface area (Å²) in [7, 11) is -3.72. The van der Waals surface area contributed by atoms with Gasteiger partial charge in [0.1, 0.15) is 0 Å². The summed E-state index contributed by atoms with van der Waals surface area (Å²) in [5.41, 5.74) is 0.566. The van der Waals surface area contributed by atoms with E-state index in [2.05, 4.69) is 4.72 Å². The average Bonchev–Trinajstić information content (AvgIpc) is 2.55. The normalized spacial score (nSPS) is 20.8. The zero-order chi connectivity index (χ0) is 18.4. The number of rotatable bonds is 7. The summed E-state index contributed by atoms with van der Waals surface area (Å²) in [5, 5.41) is 9.00. The molecule has 0 unspecified atom stereocenters. The lowest BCUT2D eigenvalue weighted by Crippen LogP contribution is -2.38. The molecule has 2 rings (SSSR count). The van der Waals surface area contributed by atoms with E-state index in [0.717, 1.165) is 0 Å². The van der Waals surface area contributed by atoms with E-state index in [4.69, 9.17) is 9.84 Å². The number of benzene rings is 1. The van der Waals surface area contributed by atoms with Gasteiger partial charge in [0.25, 0.3) is 0 Å². The van der Waals surface area contributed by atoms with Crippen LogP contribution in [0, 0.1) is 5.92 Å². The topological polar surface area (TPSA) is 110 Å². The van der Waals surface area contributed by atoms with Crippen LogP contribution in [0.15, 0.2) is 29.2 Å². The number of hydrogen-bond acceptors (Lipinski definition) is 5. The highest BCUT2D eigenvalue weighted by Gasteiger charge is 2.29. The number of aliphatic carboxylic acids is 1. The molecule has 0 heterocycles. The Morgan fingerprint density at radius 1 is 1.24 bits per heavy atom. The van der Waals surface area contributed by atoms with Crippen LogP contribution in [0.3, 0.4) is 0 Å². The van der Waals surface area contributed by atoms with Crippen molar-refractivity contribution < 1.29 is 27.9 Å². The van der Waals surface area contributed by atoms with Crippen LogP contribution in [0.1, 0.15) is 38.2 Å². The first-order valence-corrected chi connectivity index (χ1v) is 9.80. The minimum Gasteiger partial charge on any atom is -0.481 e. The van der Waals surface area contributed by atoms with Gasteiger partial charge in [0.2, 0.25) is 10.0 Å². The van der Waals surface area contributed by atoms with Crippen LogP contribution in [0.4, 0.5) is 0 Å². The van der Waals surface area contributed by atoms with Crippen molar-refractivity contribution in [2.24, 2.45) is 5.92 Å². The van der Waals surface area contributed by atoms with Crippen molar-refractivity contribution in [2.75, 3.05) is 6.61 Å². The van der Waals surface area contributed by atoms with Crippen LogP contribution in [0.5, 0.6) is 0 Å². The van der Waals surface area contributed by atoms with E-state index in [9.17, 15) is 18.0 Å². The maximum atomic E-state index is 12.5. The highest BCUT2D eigenvalue weighted by molar-refractivity contribution is 7.89. The first-order chi connectivity index (χ1) is 11.8. The van der Waals surface area contributed by atoms with Gasteiger partial charge in [0.05, 0.1) is 23.8 Å². The van der Waals surface area contributed by atoms with Crippen LogP contribution in [-0.4, -0.2) is 38.1 Å². The largest absolute Gasteiger partial charge is 0.481 e. The van der Waals surface area contributed by atoms with E-state index in [1.807, 2.05) is 0 Å². The summed E-state index contributed by atoms with van der Waals surface area (Å²) < 4.78 is 32.6. The van der Waals surface area contributed by atoms with Crippen LogP contribution in [-0.2, 0) is 30.8 Å². The van der Waals surface area contributed by atoms with Gasteiger partial charge in [-0.15, -0.1) is 0 Å².